The predicted octanol–water partition coefficient (Wildman–Crippen LogP) is 7.84. The molecule has 0 saturated heterocycles. The van der Waals surface area contributed by atoms with Gasteiger partial charge in [-0.1, -0.05) is 72.8 Å². The Morgan fingerprint density at radius 1 is 0.674 bits per heavy atom. The first-order chi connectivity index (χ1) is 21.0. The first-order valence-electron chi connectivity index (χ1n) is 14.7. The van der Waals surface area contributed by atoms with Crippen LogP contribution in [0.2, 0.25) is 0 Å². The third-order valence-electron chi connectivity index (χ3n) is 6.73. The maximum Gasteiger partial charge on any atom is 0.335 e. The molecule has 0 heterocycles. The number of ether oxygens (including phenoxy) is 5. The van der Waals surface area contributed by atoms with Crippen molar-refractivity contribution in [1.82, 2.24) is 0 Å². The monoisotopic (exact) mass is 580 g/mol. The van der Waals surface area contributed by atoms with E-state index in [-0.39, 0.29) is 5.97 Å². The highest BCUT2D eigenvalue weighted by Gasteiger charge is 2.20. The Morgan fingerprint density at radius 3 is 1.79 bits per heavy atom. The first-order valence-corrected chi connectivity index (χ1v) is 14.7. The lowest BCUT2D eigenvalue weighted by Gasteiger charge is -2.15. The second-order valence-electron chi connectivity index (χ2n) is 9.98. The minimum atomic E-state index is -0.615. The number of carbonyl (C=O) groups is 1. The molecule has 1 atom stereocenters. The van der Waals surface area contributed by atoms with Crippen molar-refractivity contribution in [3.63, 3.8) is 0 Å². The molecule has 0 radical (unpaired) electrons. The molecule has 4 aromatic rings. The zero-order chi connectivity index (χ0) is 30.3. The Morgan fingerprint density at radius 2 is 1.26 bits per heavy atom. The molecule has 0 N–H and O–H groups in total. The quantitative estimate of drug-likeness (QED) is 0.126. The molecule has 0 bridgehead atoms. The first kappa shape index (κ1) is 31.4. The molecule has 224 valence electrons. The van der Waals surface area contributed by atoms with Crippen LogP contribution in [0.1, 0.15) is 43.0 Å². The molecule has 0 aliphatic rings. The van der Waals surface area contributed by atoms with E-state index in [1.54, 1.807) is 6.92 Å². The summed E-state index contributed by atoms with van der Waals surface area (Å²) >= 11 is 0. The summed E-state index contributed by atoms with van der Waals surface area (Å²) in [5.74, 6) is 1.88. The standard InChI is InChI=1S/C37H40O6/c1-4-39-36(37(38)40-5-2)22-29-16-18-33(19-17-29)41-21-20-28(3)32-23-34(42-26-30-12-8-6-9-13-30)25-35(24-32)43-27-31-14-10-7-11-15-31/h6-20,23-25,36H,4-5,21-22,26-27H2,1-3H3/t36-/m0/s1. The summed E-state index contributed by atoms with van der Waals surface area (Å²) in [6.07, 6.45) is 1.87. The van der Waals surface area contributed by atoms with Crippen LogP contribution in [-0.4, -0.2) is 31.9 Å². The fraction of sp³-hybridized carbons (Fsp3) is 0.270. The van der Waals surface area contributed by atoms with Gasteiger partial charge in [0.15, 0.2) is 6.10 Å². The normalized spacial score (nSPS) is 11.9. The maximum atomic E-state index is 12.2. The highest BCUT2D eigenvalue weighted by molar-refractivity contribution is 5.75. The number of carbonyl (C=O) groups excluding carboxylic acids is 1. The van der Waals surface area contributed by atoms with Crippen molar-refractivity contribution in [2.75, 3.05) is 19.8 Å². The SMILES string of the molecule is CCOC(=O)[C@H](Cc1ccc(OCC=C(C)c2cc(OCc3ccccc3)cc(OCc3ccccc3)c2)cc1)OCC. The number of rotatable bonds is 16. The Labute approximate surface area is 254 Å². The lowest BCUT2D eigenvalue weighted by molar-refractivity contribution is -0.156. The summed E-state index contributed by atoms with van der Waals surface area (Å²) in [6, 6.07) is 33.9. The van der Waals surface area contributed by atoms with Gasteiger partial charge in [0.05, 0.1) is 6.61 Å². The molecule has 6 nitrogen and oxygen atoms in total. The van der Waals surface area contributed by atoms with Gasteiger partial charge in [0.1, 0.15) is 37.1 Å². The maximum absolute atomic E-state index is 12.2. The van der Waals surface area contributed by atoms with Crippen molar-refractivity contribution < 1.29 is 28.5 Å². The predicted molar refractivity (Wildman–Crippen MR) is 169 cm³/mol. The summed E-state index contributed by atoms with van der Waals surface area (Å²) in [5.41, 5.74) is 5.20. The third-order valence-corrected chi connectivity index (χ3v) is 6.73. The van der Waals surface area contributed by atoms with Gasteiger partial charge in [0, 0.05) is 19.1 Å². The molecule has 0 saturated carbocycles. The van der Waals surface area contributed by atoms with E-state index in [0.717, 1.165) is 45.1 Å². The minimum Gasteiger partial charge on any atom is -0.490 e. The van der Waals surface area contributed by atoms with Crippen LogP contribution in [0.25, 0.3) is 5.57 Å². The molecule has 43 heavy (non-hydrogen) atoms. The fourth-order valence-corrected chi connectivity index (χ4v) is 4.41. The molecule has 0 fully saturated rings. The Hall–Kier alpha value is -4.55. The van der Waals surface area contributed by atoms with Gasteiger partial charge in [-0.05, 0) is 78.9 Å². The van der Waals surface area contributed by atoms with Crippen molar-refractivity contribution >= 4 is 11.5 Å². The van der Waals surface area contributed by atoms with E-state index in [9.17, 15) is 4.79 Å². The van der Waals surface area contributed by atoms with Crippen molar-refractivity contribution in [3.05, 3.63) is 131 Å². The van der Waals surface area contributed by atoms with Crippen molar-refractivity contribution in [3.8, 4) is 17.2 Å². The smallest absolute Gasteiger partial charge is 0.335 e. The lowest BCUT2D eigenvalue weighted by atomic mass is 10.1. The van der Waals surface area contributed by atoms with Crippen molar-refractivity contribution in [2.45, 2.75) is 46.5 Å². The lowest BCUT2D eigenvalue weighted by Crippen LogP contribution is -2.28. The summed E-state index contributed by atoms with van der Waals surface area (Å²) in [4.78, 5) is 12.2. The molecule has 0 amide bonds. The molecule has 0 unspecified atom stereocenters. The van der Waals surface area contributed by atoms with Gasteiger partial charge in [0.25, 0.3) is 0 Å². The second kappa shape index (κ2) is 16.8. The molecule has 0 spiro atoms. The van der Waals surface area contributed by atoms with E-state index >= 15 is 0 Å². The van der Waals surface area contributed by atoms with Gasteiger partial charge < -0.3 is 23.7 Å². The van der Waals surface area contributed by atoms with Gasteiger partial charge >= 0.3 is 5.97 Å². The van der Waals surface area contributed by atoms with E-state index in [2.05, 4.69) is 0 Å². The van der Waals surface area contributed by atoms with E-state index < -0.39 is 6.10 Å². The number of allylic oxidation sites excluding steroid dienone is 1. The third kappa shape index (κ3) is 10.3. The van der Waals surface area contributed by atoms with Crippen molar-refractivity contribution in [1.29, 1.82) is 0 Å². The van der Waals surface area contributed by atoms with Crippen LogP contribution in [-0.2, 0) is 33.9 Å². The average Bonchev–Trinajstić information content (AvgIpc) is 3.04. The van der Waals surface area contributed by atoms with E-state index in [1.807, 2.05) is 123 Å². The van der Waals surface area contributed by atoms with E-state index in [0.29, 0.717) is 39.5 Å². The summed E-state index contributed by atoms with van der Waals surface area (Å²) < 4.78 is 29.0. The van der Waals surface area contributed by atoms with Crippen LogP contribution in [0.3, 0.4) is 0 Å². The molecule has 4 rings (SSSR count). The largest absolute Gasteiger partial charge is 0.490 e. The number of benzene rings is 4. The topological polar surface area (TPSA) is 63.2 Å². The zero-order valence-electron chi connectivity index (χ0n) is 25.2. The summed E-state index contributed by atoms with van der Waals surface area (Å²) in [5, 5.41) is 0. The molecule has 6 heteroatoms. The zero-order valence-corrected chi connectivity index (χ0v) is 25.2. The summed E-state index contributed by atoms with van der Waals surface area (Å²) in [7, 11) is 0. The van der Waals surface area contributed by atoms with Crippen LogP contribution in [0.4, 0.5) is 0 Å². The number of hydrogen-bond acceptors (Lipinski definition) is 6. The van der Waals surface area contributed by atoms with Gasteiger partial charge in [0.2, 0.25) is 0 Å². The molecular weight excluding hydrogens is 540 g/mol. The molecule has 0 aromatic heterocycles. The highest BCUT2D eigenvalue weighted by Crippen LogP contribution is 2.29. The molecule has 0 aliphatic heterocycles. The second-order valence-corrected chi connectivity index (χ2v) is 9.98. The van der Waals surface area contributed by atoms with Crippen LogP contribution in [0.5, 0.6) is 17.2 Å². The van der Waals surface area contributed by atoms with E-state index in [1.165, 1.54) is 0 Å². The van der Waals surface area contributed by atoms with E-state index in [4.69, 9.17) is 23.7 Å². The molecule has 0 aliphatic carbocycles. The molecular formula is C37H40O6. The fourth-order valence-electron chi connectivity index (χ4n) is 4.41. The minimum absolute atomic E-state index is 0.329. The van der Waals surface area contributed by atoms with Gasteiger partial charge in [-0.25, -0.2) is 4.79 Å². The highest BCUT2D eigenvalue weighted by atomic mass is 16.6. The average molecular weight is 581 g/mol. The summed E-state index contributed by atoms with van der Waals surface area (Å²) in [6.45, 7) is 7.81. The van der Waals surface area contributed by atoms with Gasteiger partial charge in [-0.15, -0.1) is 0 Å². The number of hydrogen-bond donors (Lipinski definition) is 0. The van der Waals surface area contributed by atoms with Gasteiger partial charge in [-0.3, -0.25) is 0 Å². The Kier molecular flexibility index (Phi) is 12.2. The Balaban J connectivity index is 1.40. The Bertz CT molecular complexity index is 1370. The van der Waals surface area contributed by atoms with Crippen LogP contribution in [0.15, 0.2) is 109 Å². The van der Waals surface area contributed by atoms with Crippen LogP contribution < -0.4 is 14.2 Å². The molecule has 4 aromatic carbocycles. The van der Waals surface area contributed by atoms with Crippen LogP contribution in [0, 0.1) is 0 Å². The number of esters is 1. The van der Waals surface area contributed by atoms with Crippen molar-refractivity contribution in [2.24, 2.45) is 0 Å². The van der Waals surface area contributed by atoms with Crippen LogP contribution >= 0.6 is 0 Å². The van der Waals surface area contributed by atoms with Gasteiger partial charge in [-0.2, -0.15) is 0 Å².